The van der Waals surface area contributed by atoms with Crippen molar-refractivity contribution in [3.8, 4) is 0 Å². The molecule has 0 unspecified atom stereocenters. The first-order valence-electron chi connectivity index (χ1n) is 15.3. The standard InChI is InChI=1S/C32H34F4N8O4S/c1-37-29-22(3-2-17-38-29)20-40-24-10-12-26(13-11-24)44(48-30(45)32(34,35)36)49(46,47)27-14-4-21(5-15-27)19-41-31-39-18-16-28(43-31)42-25-8-6-23(33)7-9-25/h2-9,14-18,24,26,40H,10-13,19-20H2,1H3,(H,37,38)(H2,39,41,42,43). The van der Waals surface area contributed by atoms with Crippen molar-refractivity contribution in [2.75, 3.05) is 23.0 Å². The zero-order chi connectivity index (χ0) is 35.0. The number of sulfonamides is 1. The molecule has 17 heteroatoms. The molecule has 1 aliphatic rings. The fraction of sp³-hybridized carbons (Fsp3) is 0.312. The van der Waals surface area contributed by atoms with Crippen molar-refractivity contribution < 1.29 is 35.6 Å². The number of carbonyl (C=O) groups is 1. The van der Waals surface area contributed by atoms with Crippen LogP contribution in [-0.4, -0.2) is 59.1 Å². The number of carbonyl (C=O) groups excluding carboxylic acids is 1. The quantitative estimate of drug-likeness (QED) is 0.103. The molecule has 2 aromatic carbocycles. The molecule has 0 aliphatic heterocycles. The molecule has 0 spiro atoms. The summed E-state index contributed by atoms with van der Waals surface area (Å²) in [6.07, 6.45) is -1.04. The summed E-state index contributed by atoms with van der Waals surface area (Å²) >= 11 is 0. The van der Waals surface area contributed by atoms with Gasteiger partial charge in [-0.1, -0.05) is 18.2 Å². The highest BCUT2D eigenvalue weighted by Gasteiger charge is 2.46. The van der Waals surface area contributed by atoms with E-state index in [0.29, 0.717) is 42.3 Å². The van der Waals surface area contributed by atoms with Crippen LogP contribution < -0.4 is 21.3 Å². The van der Waals surface area contributed by atoms with Crippen LogP contribution in [0.15, 0.2) is 84.0 Å². The van der Waals surface area contributed by atoms with E-state index in [2.05, 4.69) is 41.1 Å². The molecule has 2 heterocycles. The first-order chi connectivity index (χ1) is 23.4. The zero-order valence-electron chi connectivity index (χ0n) is 26.2. The van der Waals surface area contributed by atoms with Crippen LogP contribution in [0.25, 0.3) is 0 Å². The maximum Gasteiger partial charge on any atom is 0.492 e. The number of halogens is 4. The minimum atomic E-state index is -5.40. The molecule has 2 aromatic heterocycles. The molecule has 5 rings (SSSR count). The van der Waals surface area contributed by atoms with E-state index in [9.17, 15) is 30.8 Å². The Labute approximate surface area is 280 Å². The van der Waals surface area contributed by atoms with E-state index in [0.717, 1.165) is 5.56 Å². The monoisotopic (exact) mass is 702 g/mol. The maximum atomic E-state index is 13.6. The summed E-state index contributed by atoms with van der Waals surface area (Å²) in [7, 11) is -2.93. The van der Waals surface area contributed by atoms with Gasteiger partial charge in [-0.2, -0.15) is 18.2 Å². The Morgan fingerprint density at radius 1 is 0.939 bits per heavy atom. The summed E-state index contributed by atoms with van der Waals surface area (Å²) in [4.78, 5) is 28.8. The van der Waals surface area contributed by atoms with Crippen LogP contribution in [0.1, 0.15) is 36.8 Å². The highest BCUT2D eigenvalue weighted by atomic mass is 32.2. The average Bonchev–Trinajstić information content (AvgIpc) is 3.10. The van der Waals surface area contributed by atoms with E-state index in [4.69, 9.17) is 0 Å². The number of pyridine rings is 1. The van der Waals surface area contributed by atoms with Gasteiger partial charge >= 0.3 is 12.1 Å². The van der Waals surface area contributed by atoms with Gasteiger partial charge in [-0.05, 0) is 84.2 Å². The molecule has 0 radical (unpaired) electrons. The van der Waals surface area contributed by atoms with Gasteiger partial charge in [0, 0.05) is 49.8 Å². The van der Waals surface area contributed by atoms with Gasteiger partial charge in [0.2, 0.25) is 5.95 Å². The van der Waals surface area contributed by atoms with Gasteiger partial charge in [0.25, 0.3) is 10.0 Å². The number of nitrogens with zero attached hydrogens (tertiary/aromatic N) is 4. The summed E-state index contributed by atoms with van der Waals surface area (Å²) < 4.78 is 80.4. The van der Waals surface area contributed by atoms with Crippen molar-refractivity contribution in [3.63, 3.8) is 0 Å². The van der Waals surface area contributed by atoms with E-state index in [1.807, 2.05) is 6.07 Å². The van der Waals surface area contributed by atoms with Gasteiger partial charge in [0.1, 0.15) is 17.5 Å². The third kappa shape index (κ3) is 9.39. The third-order valence-corrected chi connectivity index (χ3v) is 9.50. The number of aromatic nitrogens is 3. The number of nitrogens with one attached hydrogen (secondary N) is 4. The van der Waals surface area contributed by atoms with Gasteiger partial charge in [0.05, 0.1) is 10.9 Å². The van der Waals surface area contributed by atoms with E-state index in [-0.39, 0.29) is 46.6 Å². The molecule has 0 amide bonds. The Kier molecular flexibility index (Phi) is 11.3. The van der Waals surface area contributed by atoms with Crippen LogP contribution in [-0.2, 0) is 32.7 Å². The van der Waals surface area contributed by atoms with Gasteiger partial charge in [-0.15, -0.1) is 0 Å². The lowest BCUT2D eigenvalue weighted by Gasteiger charge is -2.35. The largest absolute Gasteiger partial charge is 0.492 e. The normalized spacial score (nSPS) is 16.6. The zero-order valence-corrected chi connectivity index (χ0v) is 27.1. The fourth-order valence-electron chi connectivity index (χ4n) is 5.26. The SMILES string of the molecule is CNc1ncccc1CNC1CCC(N(OC(=O)C(F)(F)F)S(=O)(=O)c2ccc(CNc3nccc(Nc4ccc(F)cc4)n3)cc2)CC1. The van der Waals surface area contributed by atoms with E-state index < -0.39 is 28.2 Å². The minimum absolute atomic E-state index is 0.0424. The molecule has 49 heavy (non-hydrogen) atoms. The van der Waals surface area contributed by atoms with Crippen LogP contribution in [0, 0.1) is 5.82 Å². The first kappa shape index (κ1) is 35.4. The van der Waals surface area contributed by atoms with Crippen molar-refractivity contribution >= 4 is 39.3 Å². The molecule has 1 aliphatic carbocycles. The molecule has 1 fully saturated rings. The van der Waals surface area contributed by atoms with Gasteiger partial charge in [0.15, 0.2) is 0 Å². The van der Waals surface area contributed by atoms with Crippen LogP contribution in [0.2, 0.25) is 0 Å². The lowest BCUT2D eigenvalue weighted by molar-refractivity contribution is -0.228. The number of benzene rings is 2. The Hall–Kier alpha value is -4.87. The van der Waals surface area contributed by atoms with Crippen LogP contribution in [0.3, 0.4) is 0 Å². The van der Waals surface area contributed by atoms with Crippen LogP contribution >= 0.6 is 0 Å². The second-order valence-electron chi connectivity index (χ2n) is 11.2. The van der Waals surface area contributed by atoms with Crippen LogP contribution in [0.5, 0.6) is 0 Å². The predicted molar refractivity (Wildman–Crippen MR) is 173 cm³/mol. The molecule has 1 saturated carbocycles. The molecule has 0 saturated heterocycles. The van der Waals surface area contributed by atoms with Gasteiger partial charge in [-0.25, -0.2) is 27.6 Å². The third-order valence-electron chi connectivity index (χ3n) is 7.79. The van der Waals surface area contributed by atoms with E-state index in [1.54, 1.807) is 37.5 Å². The predicted octanol–water partition coefficient (Wildman–Crippen LogP) is 5.52. The van der Waals surface area contributed by atoms with Crippen molar-refractivity contribution in [1.29, 1.82) is 0 Å². The average molecular weight is 703 g/mol. The molecule has 4 N–H and O–H groups in total. The second-order valence-corrected chi connectivity index (χ2v) is 13.0. The Bertz CT molecular complexity index is 1820. The number of rotatable bonds is 13. The summed E-state index contributed by atoms with van der Waals surface area (Å²) in [5.41, 5.74) is 2.15. The number of hydrogen-bond acceptors (Lipinski definition) is 11. The minimum Gasteiger partial charge on any atom is -0.373 e. The van der Waals surface area contributed by atoms with Crippen molar-refractivity contribution in [1.82, 2.24) is 24.7 Å². The lowest BCUT2D eigenvalue weighted by atomic mass is 9.91. The molecule has 4 aromatic rings. The second kappa shape index (κ2) is 15.6. The topological polar surface area (TPSA) is 150 Å². The van der Waals surface area contributed by atoms with E-state index in [1.165, 1.54) is 42.6 Å². The molecule has 0 bridgehead atoms. The summed E-state index contributed by atoms with van der Waals surface area (Å²) in [5, 5.41) is 12.4. The highest BCUT2D eigenvalue weighted by Crippen LogP contribution is 2.31. The Morgan fingerprint density at radius 3 is 2.33 bits per heavy atom. The smallest absolute Gasteiger partial charge is 0.373 e. The van der Waals surface area contributed by atoms with Crippen molar-refractivity contribution in [2.24, 2.45) is 0 Å². The maximum absolute atomic E-state index is 13.6. The van der Waals surface area contributed by atoms with Gasteiger partial charge < -0.3 is 26.1 Å². The number of hydroxylamine groups is 1. The lowest BCUT2D eigenvalue weighted by Crippen LogP contribution is -2.47. The number of anilines is 4. The molecular weight excluding hydrogens is 668 g/mol. The summed E-state index contributed by atoms with van der Waals surface area (Å²) in [6.45, 7) is 0.662. The van der Waals surface area contributed by atoms with Crippen LogP contribution in [0.4, 0.5) is 40.8 Å². The van der Waals surface area contributed by atoms with E-state index >= 15 is 0 Å². The first-order valence-corrected chi connectivity index (χ1v) is 16.7. The number of alkyl halides is 3. The molecule has 12 nitrogen and oxygen atoms in total. The fourth-order valence-corrected chi connectivity index (χ4v) is 6.72. The molecular formula is C32H34F4N8O4S. The van der Waals surface area contributed by atoms with Crippen molar-refractivity contribution in [2.45, 2.75) is 61.9 Å². The molecule has 260 valence electrons. The number of hydrogen-bond donors (Lipinski definition) is 4. The van der Waals surface area contributed by atoms with Crippen molar-refractivity contribution in [3.05, 3.63) is 96.1 Å². The Balaban J connectivity index is 1.23. The summed E-state index contributed by atoms with van der Waals surface area (Å²) in [6, 6.07) is 15.4. The Morgan fingerprint density at radius 2 is 1.65 bits per heavy atom. The summed E-state index contributed by atoms with van der Waals surface area (Å²) in [5.74, 6) is -1.59. The highest BCUT2D eigenvalue weighted by molar-refractivity contribution is 7.89. The van der Waals surface area contributed by atoms with Gasteiger partial charge in [-0.3, -0.25) is 0 Å². The molecule has 0 atom stereocenters.